The third kappa shape index (κ3) is 3.60. The van der Waals surface area contributed by atoms with Gasteiger partial charge >= 0.3 is 0 Å². The van der Waals surface area contributed by atoms with E-state index in [4.69, 9.17) is 11.6 Å². The average molecular weight is 310 g/mol. The molecule has 2 aromatic rings. The molecule has 1 unspecified atom stereocenters. The van der Waals surface area contributed by atoms with Gasteiger partial charge in [0.15, 0.2) is 0 Å². The van der Waals surface area contributed by atoms with Crippen LogP contribution < -0.4 is 5.32 Å². The molecule has 1 atom stereocenters. The van der Waals surface area contributed by atoms with Crippen LogP contribution in [0.4, 0.5) is 8.78 Å². The molecule has 2 rings (SSSR count). The highest BCUT2D eigenvalue weighted by molar-refractivity contribution is 6.31. The molecule has 112 valence electrons. The molecule has 4 heteroatoms. The topological polar surface area (TPSA) is 12.0 Å². The molecule has 0 bridgehead atoms. The Morgan fingerprint density at radius 2 is 1.86 bits per heavy atom. The van der Waals surface area contributed by atoms with Crippen LogP contribution in [0.5, 0.6) is 0 Å². The summed E-state index contributed by atoms with van der Waals surface area (Å²) in [5.74, 6) is -0.604. The molecule has 0 saturated carbocycles. The van der Waals surface area contributed by atoms with Gasteiger partial charge in [-0.3, -0.25) is 0 Å². The molecule has 1 N–H and O–H groups in total. The van der Waals surface area contributed by atoms with E-state index in [2.05, 4.69) is 5.32 Å². The molecule has 21 heavy (non-hydrogen) atoms. The summed E-state index contributed by atoms with van der Waals surface area (Å²) in [6.45, 7) is 3.76. The van der Waals surface area contributed by atoms with Gasteiger partial charge in [-0.2, -0.15) is 0 Å². The molecule has 1 nitrogen and oxygen atoms in total. The lowest BCUT2D eigenvalue weighted by molar-refractivity contribution is 0.529. The summed E-state index contributed by atoms with van der Waals surface area (Å²) in [4.78, 5) is 0. The van der Waals surface area contributed by atoms with Gasteiger partial charge in [0.1, 0.15) is 11.6 Å². The van der Waals surface area contributed by atoms with E-state index in [1.165, 1.54) is 18.2 Å². The lowest BCUT2D eigenvalue weighted by Crippen LogP contribution is -2.21. The quantitative estimate of drug-likeness (QED) is 0.860. The summed E-state index contributed by atoms with van der Waals surface area (Å²) in [7, 11) is 1.78. The Morgan fingerprint density at radius 1 is 1.14 bits per heavy atom. The van der Waals surface area contributed by atoms with E-state index < -0.39 is 0 Å². The predicted molar refractivity (Wildman–Crippen MR) is 82.8 cm³/mol. The molecular weight excluding hydrogens is 292 g/mol. The van der Waals surface area contributed by atoms with E-state index >= 15 is 0 Å². The van der Waals surface area contributed by atoms with Gasteiger partial charge in [-0.25, -0.2) is 8.78 Å². The Morgan fingerprint density at radius 3 is 2.43 bits per heavy atom. The number of halogens is 3. The van der Waals surface area contributed by atoms with Gasteiger partial charge < -0.3 is 5.32 Å². The van der Waals surface area contributed by atoms with Crippen LogP contribution in [0.2, 0.25) is 5.02 Å². The summed E-state index contributed by atoms with van der Waals surface area (Å²) in [6.07, 6.45) is 0.496. The summed E-state index contributed by atoms with van der Waals surface area (Å²) in [5, 5.41) is 3.48. The monoisotopic (exact) mass is 309 g/mol. The molecule has 0 aromatic heterocycles. The van der Waals surface area contributed by atoms with Crippen LogP contribution in [0.1, 0.15) is 28.3 Å². The zero-order chi connectivity index (χ0) is 15.6. The molecule has 0 saturated heterocycles. The first kappa shape index (κ1) is 15.9. The molecule has 0 radical (unpaired) electrons. The Balaban J connectivity index is 2.37. The molecule has 0 amide bonds. The second kappa shape index (κ2) is 6.54. The van der Waals surface area contributed by atoms with Gasteiger partial charge in [0.25, 0.3) is 0 Å². The number of hydrogen-bond acceptors (Lipinski definition) is 1. The highest BCUT2D eigenvalue weighted by Crippen LogP contribution is 2.28. The molecule has 0 fully saturated rings. The van der Waals surface area contributed by atoms with Crippen molar-refractivity contribution in [2.45, 2.75) is 26.3 Å². The Labute approximate surface area is 128 Å². The Bertz CT molecular complexity index is 632. The van der Waals surface area contributed by atoms with Crippen molar-refractivity contribution in [3.8, 4) is 0 Å². The van der Waals surface area contributed by atoms with Crippen molar-refractivity contribution < 1.29 is 8.78 Å². The zero-order valence-corrected chi connectivity index (χ0v) is 13.1. The van der Waals surface area contributed by atoms with Crippen molar-refractivity contribution in [1.29, 1.82) is 0 Å². The molecule has 0 aliphatic carbocycles. The maximum absolute atomic E-state index is 14.3. The van der Waals surface area contributed by atoms with E-state index in [9.17, 15) is 8.78 Å². The minimum atomic E-state index is -0.373. The lowest BCUT2D eigenvalue weighted by Gasteiger charge is -2.21. The first-order valence-corrected chi connectivity index (χ1v) is 7.18. The first-order chi connectivity index (χ1) is 9.92. The van der Waals surface area contributed by atoms with E-state index in [1.54, 1.807) is 13.1 Å². The number of aryl methyl sites for hydroxylation is 2. The third-order valence-corrected chi connectivity index (χ3v) is 3.97. The largest absolute Gasteiger partial charge is 0.313 e. The maximum Gasteiger partial charge on any atom is 0.128 e. The van der Waals surface area contributed by atoms with E-state index in [0.717, 1.165) is 16.7 Å². The number of rotatable bonds is 4. The zero-order valence-electron chi connectivity index (χ0n) is 12.3. The smallest absolute Gasteiger partial charge is 0.128 e. The minimum absolute atomic E-state index is 0.214. The molecule has 0 spiro atoms. The van der Waals surface area contributed by atoms with Crippen molar-refractivity contribution >= 4 is 11.6 Å². The Hall–Kier alpha value is -1.45. The highest BCUT2D eigenvalue weighted by atomic mass is 35.5. The third-order valence-electron chi connectivity index (χ3n) is 3.62. The number of benzene rings is 2. The van der Waals surface area contributed by atoms with Gasteiger partial charge in [-0.1, -0.05) is 23.7 Å². The first-order valence-electron chi connectivity index (χ1n) is 6.80. The second-order valence-corrected chi connectivity index (χ2v) is 5.67. The number of hydrogen-bond donors (Lipinski definition) is 1. The van der Waals surface area contributed by atoms with E-state index in [0.29, 0.717) is 17.0 Å². The number of likely N-dealkylation sites (N-methyl/N-ethyl adjacent to an activating group) is 1. The van der Waals surface area contributed by atoms with Crippen molar-refractivity contribution in [3.05, 3.63) is 69.2 Å². The van der Waals surface area contributed by atoms with Crippen LogP contribution in [0.25, 0.3) is 0 Å². The summed E-state index contributed by atoms with van der Waals surface area (Å²) >= 11 is 6.06. The van der Waals surface area contributed by atoms with Crippen molar-refractivity contribution in [1.82, 2.24) is 5.32 Å². The maximum atomic E-state index is 14.3. The SMILES string of the molecule is CNC(Cc1ccc(F)cc1Cl)c1c(C)cc(C)cc1F. The number of nitrogens with one attached hydrogen (secondary N) is 1. The van der Waals surface area contributed by atoms with Crippen LogP contribution >= 0.6 is 11.6 Å². The fourth-order valence-electron chi connectivity index (χ4n) is 2.62. The molecule has 0 aliphatic rings. The lowest BCUT2D eigenvalue weighted by atomic mass is 9.93. The highest BCUT2D eigenvalue weighted by Gasteiger charge is 2.19. The van der Waals surface area contributed by atoms with Gasteiger partial charge in [0.05, 0.1) is 0 Å². The van der Waals surface area contributed by atoms with Crippen LogP contribution in [-0.2, 0) is 6.42 Å². The van der Waals surface area contributed by atoms with Crippen molar-refractivity contribution in [2.24, 2.45) is 0 Å². The fourth-order valence-corrected chi connectivity index (χ4v) is 2.87. The summed E-state index contributed by atoms with van der Waals surface area (Å²) in [6, 6.07) is 7.56. The van der Waals surface area contributed by atoms with Crippen LogP contribution in [0, 0.1) is 25.5 Å². The second-order valence-electron chi connectivity index (χ2n) is 5.26. The van der Waals surface area contributed by atoms with Crippen LogP contribution in [0.3, 0.4) is 0 Å². The predicted octanol–water partition coefficient (Wildman–Crippen LogP) is 4.74. The normalized spacial score (nSPS) is 12.5. The average Bonchev–Trinajstić information content (AvgIpc) is 2.39. The van der Waals surface area contributed by atoms with E-state index in [-0.39, 0.29) is 17.7 Å². The fraction of sp³-hybridized carbons (Fsp3) is 0.294. The van der Waals surface area contributed by atoms with Gasteiger partial charge in [0.2, 0.25) is 0 Å². The summed E-state index contributed by atoms with van der Waals surface area (Å²) < 4.78 is 27.4. The molecule has 0 aliphatic heterocycles. The summed E-state index contributed by atoms with van der Waals surface area (Å²) in [5.41, 5.74) is 3.20. The van der Waals surface area contributed by atoms with Gasteiger partial charge in [-0.05, 0) is 62.2 Å². The van der Waals surface area contributed by atoms with Gasteiger partial charge in [0, 0.05) is 16.6 Å². The molecular formula is C17H18ClF2N. The minimum Gasteiger partial charge on any atom is -0.313 e. The standard InChI is InChI=1S/C17H18ClF2N/c1-10-6-11(2)17(15(20)7-10)16(21-3)8-12-4-5-13(19)9-14(12)18/h4-7,9,16,21H,8H2,1-3H3. The van der Waals surface area contributed by atoms with Crippen molar-refractivity contribution in [2.75, 3.05) is 7.05 Å². The van der Waals surface area contributed by atoms with Crippen molar-refractivity contribution in [3.63, 3.8) is 0 Å². The Kier molecular flexibility index (Phi) is 4.96. The van der Waals surface area contributed by atoms with E-state index in [1.807, 2.05) is 19.9 Å². The molecule has 2 aromatic carbocycles. The van der Waals surface area contributed by atoms with Gasteiger partial charge in [-0.15, -0.1) is 0 Å². The van der Waals surface area contributed by atoms with Crippen LogP contribution in [-0.4, -0.2) is 7.05 Å². The molecule has 0 heterocycles. The van der Waals surface area contributed by atoms with Crippen LogP contribution in [0.15, 0.2) is 30.3 Å².